The van der Waals surface area contributed by atoms with E-state index in [1.807, 2.05) is 19.1 Å². The third-order valence-corrected chi connectivity index (χ3v) is 15.6. The number of phosphoric acid groups is 2. The van der Waals surface area contributed by atoms with E-state index in [0.717, 1.165) is 36.7 Å². The predicted octanol–water partition coefficient (Wildman–Crippen LogP) is 7.72. The Kier molecular flexibility index (Phi) is 32.2. The molecule has 0 spiro atoms. The molecule has 2 bridgehead atoms. The molecule has 0 aromatic carbocycles. The zero-order chi connectivity index (χ0) is 55.1. The molecule has 0 amide bonds. The number of aromatic nitrogens is 2. The van der Waals surface area contributed by atoms with Gasteiger partial charge < -0.3 is 55.3 Å². The van der Waals surface area contributed by atoms with Gasteiger partial charge in [-0.25, -0.2) is 13.9 Å². The second-order valence-electron chi connectivity index (χ2n) is 19.3. The largest absolute Gasteiger partial charge is 0.481 e. The molecule has 9 N–H and O–H groups in total. The van der Waals surface area contributed by atoms with Gasteiger partial charge in [-0.15, -0.1) is 0 Å². The molecule has 1 aromatic heterocycles. The Balaban J connectivity index is 1.74. The van der Waals surface area contributed by atoms with Crippen molar-refractivity contribution in [3.8, 4) is 0 Å². The number of carbonyl (C=O) groups excluding carboxylic acids is 2. The molecule has 1 aromatic rings. The molecule has 0 aliphatic carbocycles. The number of hydrogen-bond donors (Lipinski definition) is 8. The smallest absolute Gasteiger partial charge is 0.462 e. The first-order chi connectivity index (χ1) is 35.9. The third kappa shape index (κ3) is 27.2. The molecule has 75 heavy (non-hydrogen) atoms. The van der Waals surface area contributed by atoms with Gasteiger partial charge in [0.25, 0.3) is 0 Å². The molecule has 3 rings (SSSR count). The van der Waals surface area contributed by atoms with Gasteiger partial charge in [0, 0.05) is 37.3 Å². The molecule has 2 aliphatic heterocycles. The summed E-state index contributed by atoms with van der Waals surface area (Å²) in [4.78, 5) is 64.2. The van der Waals surface area contributed by atoms with E-state index in [-0.39, 0.29) is 31.5 Å². The lowest BCUT2D eigenvalue weighted by atomic mass is 9.82. The molecule has 2 fully saturated rings. The Morgan fingerprint density at radius 1 is 0.827 bits per heavy atom. The summed E-state index contributed by atoms with van der Waals surface area (Å²) in [5.74, 6) is -4.05. The highest BCUT2D eigenvalue weighted by Gasteiger charge is 2.45. The highest BCUT2D eigenvalue weighted by molar-refractivity contribution is 7.61. The van der Waals surface area contributed by atoms with Crippen LogP contribution in [-0.2, 0) is 46.3 Å². The summed E-state index contributed by atoms with van der Waals surface area (Å²) >= 11 is 0. The Labute approximate surface area is 442 Å². The van der Waals surface area contributed by atoms with E-state index in [4.69, 9.17) is 29.0 Å². The van der Waals surface area contributed by atoms with Gasteiger partial charge in [-0.2, -0.15) is 9.29 Å². The number of rotatable bonds is 24. The number of anilines is 1. The van der Waals surface area contributed by atoms with Crippen LogP contribution >= 0.6 is 15.6 Å². The van der Waals surface area contributed by atoms with Crippen LogP contribution in [0.3, 0.4) is 0 Å². The first kappa shape index (κ1) is 65.9. The van der Waals surface area contributed by atoms with Gasteiger partial charge in [0.2, 0.25) is 0 Å². The summed E-state index contributed by atoms with van der Waals surface area (Å²) < 4.78 is 59.1. The lowest BCUT2D eigenvalue weighted by Crippen LogP contribution is -2.52. The van der Waals surface area contributed by atoms with Crippen LogP contribution in [0.2, 0.25) is 0 Å². The molecule has 0 radical (unpaired) electrons. The van der Waals surface area contributed by atoms with Crippen molar-refractivity contribution in [3.63, 3.8) is 0 Å². The van der Waals surface area contributed by atoms with Gasteiger partial charge in [0.1, 0.15) is 30.9 Å². The minimum atomic E-state index is -5.70. The van der Waals surface area contributed by atoms with Crippen molar-refractivity contribution < 1.29 is 81.6 Å². The van der Waals surface area contributed by atoms with Gasteiger partial charge in [0.15, 0.2) is 6.10 Å². The Hall–Kier alpha value is -3.40. The van der Waals surface area contributed by atoms with Crippen LogP contribution < -0.4 is 11.4 Å². The topological polar surface area (TPSA) is 326 Å². The maximum Gasteiger partial charge on any atom is 0.481 e. The fourth-order valence-corrected chi connectivity index (χ4v) is 10.8. The van der Waals surface area contributed by atoms with Crippen LogP contribution in [-0.4, -0.2) is 119 Å². The van der Waals surface area contributed by atoms with E-state index in [1.165, 1.54) is 62.9 Å². The minimum Gasteiger partial charge on any atom is -0.462 e. The number of nitrogens with two attached hydrogens (primary N) is 1. The number of aliphatic hydroxyl groups excluding tert-OH is 5. The number of unbranched alkanes of at least 4 members (excludes halogenated alkanes) is 9. The Morgan fingerprint density at radius 2 is 1.45 bits per heavy atom. The monoisotopic (exact) mass is 1100 g/mol. The number of esters is 2. The fourth-order valence-electron chi connectivity index (χ4n) is 8.70. The highest BCUT2D eigenvalue weighted by atomic mass is 31.3. The summed E-state index contributed by atoms with van der Waals surface area (Å²) in [5.41, 5.74) is 4.81. The van der Waals surface area contributed by atoms with Crippen LogP contribution in [0.25, 0.3) is 0 Å². The second kappa shape index (κ2) is 36.6. The maximum absolute atomic E-state index is 13.4. The number of phosphoric ester groups is 2. The Bertz CT molecular complexity index is 2070. The van der Waals surface area contributed by atoms with E-state index >= 15 is 0 Å². The lowest BCUT2D eigenvalue weighted by Gasteiger charge is -2.41. The van der Waals surface area contributed by atoms with Gasteiger partial charge in [-0.1, -0.05) is 133 Å². The summed E-state index contributed by atoms with van der Waals surface area (Å²) in [7, 11) is -11.3. The lowest BCUT2D eigenvalue weighted by molar-refractivity contribution is -0.195. The molecular formula is C52H87N3O18P2. The van der Waals surface area contributed by atoms with Crippen LogP contribution in [0.4, 0.5) is 5.82 Å². The summed E-state index contributed by atoms with van der Waals surface area (Å²) in [6, 6.07) is 1.26. The zero-order valence-electron chi connectivity index (χ0n) is 43.9. The second-order valence-corrected chi connectivity index (χ2v) is 22.4. The average Bonchev–Trinajstić information content (AvgIpc) is 3.35. The third-order valence-electron chi connectivity index (χ3n) is 13.0. The molecule has 2 aliphatic rings. The number of cyclic esters (lactones) is 1. The number of hydrogen-bond acceptors (Lipinski definition) is 18. The van der Waals surface area contributed by atoms with Gasteiger partial charge in [0.05, 0.1) is 37.6 Å². The first-order valence-electron chi connectivity index (χ1n) is 26.9. The normalized spacial score (nSPS) is 30.0. The van der Waals surface area contributed by atoms with E-state index in [1.54, 1.807) is 0 Å². The number of ether oxygens (including phenoxy) is 3. The van der Waals surface area contributed by atoms with Crippen molar-refractivity contribution in [2.45, 2.75) is 210 Å². The van der Waals surface area contributed by atoms with Crippen molar-refractivity contribution in [3.05, 3.63) is 71.4 Å². The number of fused-ring (bicyclic) bond motifs is 3. The van der Waals surface area contributed by atoms with Crippen LogP contribution in [0, 0.1) is 11.8 Å². The quantitative estimate of drug-likeness (QED) is 0.0212. The highest BCUT2D eigenvalue weighted by Crippen LogP contribution is 2.60. The standard InChI is InChI=1S/C52H87N3O18P2/c1-3-5-7-8-9-10-11-12-13-14-15-16-17-18-19-20-25-29-47(59)68-36-40-37-69-74(64,65)73-75(66,67)70-38-45-50(62)49(61)41(32-31-39(56)27-23-6-4-2)43(57)35-44(58)42(28-24-21-22-26-30-48(60)71-40)51(72-45)55-34-33-46(53)54-52(55)63/h12-13,15-16,18-19,31-34,39-45,49-51,56-58,61-62H,3-11,14,17,20-30,35-38H2,1-2H3,(H,64,65)(H,66,67)(H2,53,54,63)/b13-12-,16-15-,19-18-,32-31-/t39-,40+,41-,42-,43+,44-,45+,49-,50+,51+/m0/s1. The van der Waals surface area contributed by atoms with Gasteiger partial charge >= 0.3 is 33.3 Å². The number of carbonyl (C=O) groups is 2. The van der Waals surface area contributed by atoms with Crippen LogP contribution in [0.1, 0.15) is 168 Å². The molecule has 12 atom stereocenters. The maximum atomic E-state index is 13.4. The van der Waals surface area contributed by atoms with Gasteiger partial charge in [-0.3, -0.25) is 23.2 Å². The molecule has 3 heterocycles. The zero-order valence-corrected chi connectivity index (χ0v) is 45.7. The fraction of sp³-hybridized carbons (Fsp3) is 0.731. The number of aliphatic hydroxyl groups is 5. The molecule has 2 saturated heterocycles. The van der Waals surface area contributed by atoms with Crippen molar-refractivity contribution in [2.24, 2.45) is 11.8 Å². The average molecular weight is 1100 g/mol. The van der Waals surface area contributed by atoms with Crippen LogP contribution in [0.5, 0.6) is 0 Å². The predicted molar refractivity (Wildman–Crippen MR) is 281 cm³/mol. The number of nitrogen functional groups attached to an aromatic ring is 1. The molecule has 23 heteroatoms. The molecule has 21 nitrogen and oxygen atoms in total. The number of nitrogens with zero attached hydrogens (tertiary/aromatic N) is 2. The van der Waals surface area contributed by atoms with Crippen molar-refractivity contribution in [2.75, 3.05) is 25.6 Å². The summed E-state index contributed by atoms with van der Waals surface area (Å²) in [6.07, 6.45) is 18.6. The van der Waals surface area contributed by atoms with Crippen molar-refractivity contribution >= 4 is 33.4 Å². The summed E-state index contributed by atoms with van der Waals surface area (Å²) in [5, 5.41) is 57.5. The SMILES string of the molecule is CCCCCCCC/C=C\C/C=C\C/C=C\CCCC(=O)OC[C@@H]1COP(=O)(O)OP(=O)(O)OC[C@H]2O[C@@H](n3ccc(N)nc3=O)[C@@H](CCCCCCC(=O)O1)[C@@H](O)C[C@@H](O)[C@H](/C=C\[C@@H](O)CCCCC)[C@H](O)[C@@H]2O. The Morgan fingerprint density at radius 3 is 2.15 bits per heavy atom. The van der Waals surface area contributed by atoms with E-state index < -0.39 is 120 Å². The molecule has 428 valence electrons. The first-order valence-corrected chi connectivity index (χ1v) is 29.9. The van der Waals surface area contributed by atoms with Crippen molar-refractivity contribution in [1.82, 2.24) is 9.55 Å². The molecule has 0 saturated carbocycles. The van der Waals surface area contributed by atoms with Gasteiger partial charge in [-0.05, 0) is 63.9 Å². The van der Waals surface area contributed by atoms with Crippen LogP contribution in [0.15, 0.2) is 65.7 Å². The molecular weight excluding hydrogens is 1020 g/mol. The van der Waals surface area contributed by atoms with E-state index in [2.05, 4.69) is 40.5 Å². The molecule has 2 unspecified atom stereocenters. The van der Waals surface area contributed by atoms with Crippen molar-refractivity contribution in [1.29, 1.82) is 0 Å². The van der Waals surface area contributed by atoms with E-state index in [9.17, 15) is 58.8 Å². The van der Waals surface area contributed by atoms with E-state index in [0.29, 0.717) is 44.9 Å². The minimum absolute atomic E-state index is 0.0145. The number of allylic oxidation sites excluding steroid dienone is 6. The summed E-state index contributed by atoms with van der Waals surface area (Å²) in [6.45, 7) is 1.50.